The van der Waals surface area contributed by atoms with Gasteiger partial charge in [-0.25, -0.2) is 0 Å². The second-order valence-corrected chi connectivity index (χ2v) is 6.14. The first kappa shape index (κ1) is 13.7. The Morgan fingerprint density at radius 1 is 1.22 bits per heavy atom. The zero-order chi connectivity index (χ0) is 13.3. The van der Waals surface area contributed by atoms with Crippen molar-refractivity contribution in [1.29, 1.82) is 0 Å². The lowest BCUT2D eigenvalue weighted by atomic mass is 10.0. The van der Waals surface area contributed by atoms with Gasteiger partial charge in [0.1, 0.15) is 0 Å². The first-order valence-electron chi connectivity index (χ1n) is 6.78. The van der Waals surface area contributed by atoms with Gasteiger partial charge in [0.25, 0.3) is 0 Å². The molecule has 100 valence electrons. The summed E-state index contributed by atoms with van der Waals surface area (Å²) in [6.07, 6.45) is 0. The first-order chi connectivity index (χ1) is 8.47. The van der Waals surface area contributed by atoms with Crippen LogP contribution in [0.2, 0.25) is 5.02 Å². The fraction of sp³-hybridized carbons (Fsp3) is 0.600. The van der Waals surface area contributed by atoms with Gasteiger partial charge in [0.15, 0.2) is 0 Å². The van der Waals surface area contributed by atoms with Gasteiger partial charge >= 0.3 is 0 Å². The number of halogens is 1. The summed E-state index contributed by atoms with van der Waals surface area (Å²) in [4.78, 5) is 2.42. The number of nitrogens with zero attached hydrogens (tertiary/aromatic N) is 1. The molecular weight excluding hydrogens is 244 g/mol. The lowest BCUT2D eigenvalue weighted by molar-refractivity contribution is 0.407. The maximum Gasteiger partial charge on any atom is 0.0461 e. The van der Waals surface area contributed by atoms with Crippen molar-refractivity contribution in [3.8, 4) is 0 Å². The predicted octanol–water partition coefficient (Wildman–Crippen LogP) is 3.65. The molecular formula is C15H23ClN2. The molecule has 3 heteroatoms. The Morgan fingerprint density at radius 2 is 1.83 bits per heavy atom. The van der Waals surface area contributed by atoms with Crippen LogP contribution < -0.4 is 10.2 Å². The van der Waals surface area contributed by atoms with Crippen molar-refractivity contribution in [1.82, 2.24) is 5.32 Å². The summed E-state index contributed by atoms with van der Waals surface area (Å²) < 4.78 is 0. The highest BCUT2D eigenvalue weighted by atomic mass is 35.5. The minimum Gasteiger partial charge on any atom is -0.368 e. The molecule has 0 unspecified atom stereocenters. The van der Waals surface area contributed by atoms with E-state index in [1.807, 2.05) is 0 Å². The molecule has 18 heavy (non-hydrogen) atoms. The molecule has 0 aliphatic carbocycles. The van der Waals surface area contributed by atoms with Crippen LogP contribution in [-0.2, 0) is 0 Å². The van der Waals surface area contributed by atoms with E-state index in [2.05, 4.69) is 56.1 Å². The molecule has 0 aromatic heterocycles. The second kappa shape index (κ2) is 5.50. The van der Waals surface area contributed by atoms with E-state index in [4.69, 9.17) is 11.6 Å². The Hall–Kier alpha value is -0.730. The quantitative estimate of drug-likeness (QED) is 0.879. The summed E-state index contributed by atoms with van der Waals surface area (Å²) in [5.41, 5.74) is 2.47. The Bertz CT molecular complexity index is 407. The summed E-state index contributed by atoms with van der Waals surface area (Å²) in [7, 11) is 0. The minimum absolute atomic E-state index is 0.479. The van der Waals surface area contributed by atoms with E-state index in [0.29, 0.717) is 18.0 Å². The Labute approximate surface area is 115 Å². The molecule has 1 saturated heterocycles. The van der Waals surface area contributed by atoms with E-state index in [1.165, 1.54) is 11.3 Å². The fourth-order valence-electron chi connectivity index (χ4n) is 2.72. The first-order valence-corrected chi connectivity index (χ1v) is 7.15. The van der Waals surface area contributed by atoms with Gasteiger partial charge in [-0.1, -0.05) is 31.5 Å². The van der Waals surface area contributed by atoms with E-state index in [9.17, 15) is 0 Å². The van der Waals surface area contributed by atoms with Gasteiger partial charge < -0.3 is 10.2 Å². The van der Waals surface area contributed by atoms with Gasteiger partial charge in [0.2, 0.25) is 0 Å². The smallest absolute Gasteiger partial charge is 0.0461 e. The Balaban J connectivity index is 2.21. The van der Waals surface area contributed by atoms with Crippen molar-refractivity contribution in [3.63, 3.8) is 0 Å². The van der Waals surface area contributed by atoms with Crippen molar-refractivity contribution in [2.24, 2.45) is 0 Å². The number of benzene rings is 1. The van der Waals surface area contributed by atoms with E-state index in [-0.39, 0.29) is 0 Å². The average molecular weight is 267 g/mol. The molecule has 0 bridgehead atoms. The van der Waals surface area contributed by atoms with Crippen molar-refractivity contribution < 1.29 is 0 Å². The van der Waals surface area contributed by atoms with Gasteiger partial charge in [-0.2, -0.15) is 0 Å². The number of piperazine rings is 1. The molecule has 1 aliphatic heterocycles. The number of nitrogens with one attached hydrogen (secondary N) is 1. The Kier molecular flexibility index (Phi) is 4.18. The molecule has 0 radical (unpaired) electrons. The van der Waals surface area contributed by atoms with Crippen molar-refractivity contribution >= 4 is 17.3 Å². The lowest BCUT2D eigenvalue weighted by Crippen LogP contribution is -2.54. The molecule has 1 aliphatic rings. The topological polar surface area (TPSA) is 15.3 Å². The maximum atomic E-state index is 6.37. The van der Waals surface area contributed by atoms with Gasteiger partial charge in [-0.15, -0.1) is 0 Å². The summed E-state index contributed by atoms with van der Waals surface area (Å²) >= 11 is 6.37. The highest BCUT2D eigenvalue weighted by molar-refractivity contribution is 6.31. The molecule has 0 spiro atoms. The third-order valence-corrected chi connectivity index (χ3v) is 3.86. The zero-order valence-electron chi connectivity index (χ0n) is 11.7. The minimum atomic E-state index is 0.479. The molecule has 1 aromatic rings. The van der Waals surface area contributed by atoms with Crippen LogP contribution in [-0.4, -0.2) is 25.2 Å². The molecule has 2 rings (SSSR count). The Morgan fingerprint density at radius 3 is 2.33 bits per heavy atom. The van der Waals surface area contributed by atoms with E-state index >= 15 is 0 Å². The van der Waals surface area contributed by atoms with Gasteiger partial charge in [0, 0.05) is 35.9 Å². The van der Waals surface area contributed by atoms with Crippen LogP contribution in [0.4, 0.5) is 5.69 Å². The van der Waals surface area contributed by atoms with Crippen LogP contribution in [0.3, 0.4) is 0 Å². The molecule has 2 nitrogen and oxygen atoms in total. The van der Waals surface area contributed by atoms with Gasteiger partial charge in [0.05, 0.1) is 0 Å². The van der Waals surface area contributed by atoms with Crippen LogP contribution in [0.1, 0.15) is 39.2 Å². The van der Waals surface area contributed by atoms with Crippen LogP contribution in [0.5, 0.6) is 0 Å². The van der Waals surface area contributed by atoms with Gasteiger partial charge in [-0.3, -0.25) is 0 Å². The predicted molar refractivity (Wildman–Crippen MR) is 79.8 cm³/mol. The number of anilines is 1. The maximum absolute atomic E-state index is 6.37. The SMILES string of the molecule is CC(C)c1ccc(N2C[C@@H](C)N[C@@H](C)C2)cc1Cl. The molecule has 1 heterocycles. The van der Waals surface area contributed by atoms with Crippen molar-refractivity contribution in [2.45, 2.75) is 45.7 Å². The van der Waals surface area contributed by atoms with E-state index in [1.54, 1.807) is 0 Å². The van der Waals surface area contributed by atoms with Crippen molar-refractivity contribution in [3.05, 3.63) is 28.8 Å². The van der Waals surface area contributed by atoms with Crippen LogP contribution >= 0.6 is 11.6 Å². The third kappa shape index (κ3) is 2.99. The summed E-state index contributed by atoms with van der Waals surface area (Å²) in [5, 5.41) is 4.44. The standard InChI is InChI=1S/C15H23ClN2/c1-10(2)14-6-5-13(7-15(14)16)18-8-11(3)17-12(4)9-18/h5-7,10-12,17H,8-9H2,1-4H3/t11-,12+. The molecule has 1 N–H and O–H groups in total. The second-order valence-electron chi connectivity index (χ2n) is 5.73. The molecule has 2 atom stereocenters. The van der Waals surface area contributed by atoms with Crippen molar-refractivity contribution in [2.75, 3.05) is 18.0 Å². The normalized spacial score (nSPS) is 24.7. The summed E-state index contributed by atoms with van der Waals surface area (Å²) in [6, 6.07) is 7.53. The summed E-state index contributed by atoms with van der Waals surface area (Å²) in [5.74, 6) is 0.479. The zero-order valence-corrected chi connectivity index (χ0v) is 12.5. The molecule has 1 fully saturated rings. The molecule has 0 saturated carbocycles. The number of hydrogen-bond acceptors (Lipinski definition) is 2. The highest BCUT2D eigenvalue weighted by Gasteiger charge is 2.21. The fourth-order valence-corrected chi connectivity index (χ4v) is 3.11. The van der Waals surface area contributed by atoms with E-state index in [0.717, 1.165) is 18.1 Å². The number of rotatable bonds is 2. The highest BCUT2D eigenvalue weighted by Crippen LogP contribution is 2.29. The van der Waals surface area contributed by atoms with Crippen LogP contribution in [0.15, 0.2) is 18.2 Å². The summed E-state index contributed by atoms with van der Waals surface area (Å²) in [6.45, 7) is 10.9. The van der Waals surface area contributed by atoms with Crippen LogP contribution in [0, 0.1) is 0 Å². The van der Waals surface area contributed by atoms with Crippen LogP contribution in [0.25, 0.3) is 0 Å². The van der Waals surface area contributed by atoms with E-state index < -0.39 is 0 Å². The largest absolute Gasteiger partial charge is 0.368 e. The monoisotopic (exact) mass is 266 g/mol. The lowest BCUT2D eigenvalue weighted by Gasteiger charge is -2.37. The number of hydrogen-bond donors (Lipinski definition) is 1. The third-order valence-electron chi connectivity index (χ3n) is 3.53. The molecule has 0 amide bonds. The average Bonchev–Trinajstić information content (AvgIpc) is 2.26. The molecule has 1 aromatic carbocycles. The van der Waals surface area contributed by atoms with Gasteiger partial charge in [-0.05, 0) is 37.5 Å².